The number of likely N-dealkylation sites (tertiary alicyclic amines) is 1. The summed E-state index contributed by atoms with van der Waals surface area (Å²) in [6.07, 6.45) is 8.65. The van der Waals surface area contributed by atoms with Gasteiger partial charge in [-0.1, -0.05) is 17.4 Å². The van der Waals surface area contributed by atoms with E-state index in [2.05, 4.69) is 40.5 Å². The summed E-state index contributed by atoms with van der Waals surface area (Å²) >= 11 is 0. The molecule has 0 saturated carbocycles. The minimum atomic E-state index is 0.455. The Balaban J connectivity index is 1.63. The van der Waals surface area contributed by atoms with Gasteiger partial charge in [0.15, 0.2) is 0 Å². The van der Waals surface area contributed by atoms with Gasteiger partial charge < -0.3 is 4.74 Å². The largest absolute Gasteiger partial charge is 0.497 e. The number of ether oxygens (including phenoxy) is 1. The predicted molar refractivity (Wildman–Crippen MR) is 91.5 cm³/mol. The molecular formula is C18H24N4O. The fraction of sp³-hybridized carbons (Fsp3) is 0.444. The van der Waals surface area contributed by atoms with Crippen LogP contribution < -0.4 is 4.74 Å². The molecule has 3 rings (SSSR count). The molecule has 0 radical (unpaired) electrons. The Bertz CT molecular complexity index is 639. The molecule has 5 heteroatoms. The van der Waals surface area contributed by atoms with Crippen molar-refractivity contribution in [3.8, 4) is 17.0 Å². The second kappa shape index (κ2) is 7.42. The van der Waals surface area contributed by atoms with E-state index >= 15 is 0 Å². The van der Waals surface area contributed by atoms with Crippen molar-refractivity contribution in [2.45, 2.75) is 25.8 Å². The van der Waals surface area contributed by atoms with Crippen molar-refractivity contribution in [1.29, 1.82) is 0 Å². The highest BCUT2D eigenvalue weighted by atomic mass is 16.5. The molecule has 2 aromatic rings. The Hall–Kier alpha value is -2.14. The SMILES string of the molecule is C/C=C/CN1CCC(n2cc(-c3ccc(OC)cc3)nn2)CC1. The first-order valence-corrected chi connectivity index (χ1v) is 8.20. The zero-order chi connectivity index (χ0) is 16.1. The Kier molecular flexibility index (Phi) is 5.08. The van der Waals surface area contributed by atoms with Crippen molar-refractivity contribution in [1.82, 2.24) is 19.9 Å². The number of methoxy groups -OCH3 is 1. The van der Waals surface area contributed by atoms with Gasteiger partial charge in [0.2, 0.25) is 0 Å². The standard InChI is InChI=1S/C18H24N4O/c1-3-4-11-21-12-9-16(10-13-21)22-14-18(19-20-22)15-5-7-17(23-2)8-6-15/h3-8,14,16H,9-13H2,1-2H3/b4-3+. The van der Waals surface area contributed by atoms with Crippen LogP contribution >= 0.6 is 0 Å². The maximum Gasteiger partial charge on any atom is 0.118 e. The van der Waals surface area contributed by atoms with Gasteiger partial charge in [-0.25, -0.2) is 4.68 Å². The summed E-state index contributed by atoms with van der Waals surface area (Å²) < 4.78 is 7.23. The summed E-state index contributed by atoms with van der Waals surface area (Å²) in [5, 5.41) is 8.68. The van der Waals surface area contributed by atoms with E-state index in [-0.39, 0.29) is 0 Å². The first-order valence-electron chi connectivity index (χ1n) is 8.20. The van der Waals surface area contributed by atoms with Gasteiger partial charge in [0.05, 0.1) is 19.3 Å². The second-order valence-electron chi connectivity index (χ2n) is 5.91. The molecule has 0 amide bonds. The molecule has 2 heterocycles. The average Bonchev–Trinajstić information content (AvgIpc) is 3.10. The van der Waals surface area contributed by atoms with Crippen molar-refractivity contribution < 1.29 is 4.74 Å². The van der Waals surface area contributed by atoms with Crippen LogP contribution in [-0.4, -0.2) is 46.6 Å². The molecule has 122 valence electrons. The van der Waals surface area contributed by atoms with Gasteiger partial charge in [-0.15, -0.1) is 5.10 Å². The highest BCUT2D eigenvalue weighted by Crippen LogP contribution is 2.25. The molecule has 1 aliphatic heterocycles. The number of benzene rings is 1. The van der Waals surface area contributed by atoms with Crippen LogP contribution in [0.2, 0.25) is 0 Å². The van der Waals surface area contributed by atoms with E-state index in [1.54, 1.807) is 7.11 Å². The molecule has 1 fully saturated rings. The minimum absolute atomic E-state index is 0.455. The van der Waals surface area contributed by atoms with E-state index in [0.29, 0.717) is 6.04 Å². The van der Waals surface area contributed by atoms with Crippen LogP contribution in [0.5, 0.6) is 5.75 Å². The van der Waals surface area contributed by atoms with Gasteiger partial charge in [-0.2, -0.15) is 0 Å². The third-order valence-corrected chi connectivity index (χ3v) is 4.43. The smallest absolute Gasteiger partial charge is 0.118 e. The maximum atomic E-state index is 5.19. The van der Waals surface area contributed by atoms with Crippen LogP contribution in [0.15, 0.2) is 42.6 Å². The number of allylic oxidation sites excluding steroid dienone is 1. The average molecular weight is 312 g/mol. The lowest BCUT2D eigenvalue weighted by Crippen LogP contribution is -2.34. The maximum absolute atomic E-state index is 5.19. The lowest BCUT2D eigenvalue weighted by molar-refractivity contribution is 0.194. The molecule has 0 unspecified atom stereocenters. The summed E-state index contributed by atoms with van der Waals surface area (Å²) in [4.78, 5) is 2.48. The third kappa shape index (κ3) is 3.79. The van der Waals surface area contributed by atoms with Crippen LogP contribution in [0.1, 0.15) is 25.8 Å². The normalized spacial score (nSPS) is 17.0. The molecule has 1 aromatic carbocycles. The third-order valence-electron chi connectivity index (χ3n) is 4.43. The highest BCUT2D eigenvalue weighted by molar-refractivity contribution is 5.58. The molecule has 5 nitrogen and oxygen atoms in total. The number of hydrogen-bond donors (Lipinski definition) is 0. The molecule has 0 bridgehead atoms. The van der Waals surface area contributed by atoms with Crippen molar-refractivity contribution in [3.63, 3.8) is 0 Å². The molecule has 0 atom stereocenters. The first-order chi connectivity index (χ1) is 11.3. The summed E-state index contributed by atoms with van der Waals surface area (Å²) in [6, 6.07) is 8.40. The Labute approximate surface area is 137 Å². The van der Waals surface area contributed by atoms with E-state index in [4.69, 9.17) is 4.74 Å². The Morgan fingerprint density at radius 3 is 2.61 bits per heavy atom. The number of piperidine rings is 1. The van der Waals surface area contributed by atoms with Gasteiger partial charge in [-0.05, 0) is 44.0 Å². The summed E-state index contributed by atoms with van der Waals surface area (Å²) in [5.41, 5.74) is 1.99. The second-order valence-corrected chi connectivity index (χ2v) is 5.91. The number of nitrogens with zero attached hydrogens (tertiary/aromatic N) is 4. The molecule has 0 N–H and O–H groups in total. The van der Waals surface area contributed by atoms with Crippen LogP contribution in [0.3, 0.4) is 0 Å². The summed E-state index contributed by atoms with van der Waals surface area (Å²) in [5.74, 6) is 0.856. The molecule has 23 heavy (non-hydrogen) atoms. The van der Waals surface area contributed by atoms with Gasteiger partial charge in [0, 0.05) is 25.2 Å². The van der Waals surface area contributed by atoms with Gasteiger partial charge in [-0.3, -0.25) is 4.90 Å². The summed E-state index contributed by atoms with van der Waals surface area (Å²) in [7, 11) is 1.67. The minimum Gasteiger partial charge on any atom is -0.497 e. The quantitative estimate of drug-likeness (QED) is 0.795. The van der Waals surface area contributed by atoms with E-state index in [0.717, 1.165) is 49.5 Å². The monoisotopic (exact) mass is 312 g/mol. The van der Waals surface area contributed by atoms with Gasteiger partial charge in [0.25, 0.3) is 0 Å². The first kappa shape index (κ1) is 15.7. The van der Waals surface area contributed by atoms with Gasteiger partial charge >= 0.3 is 0 Å². The lowest BCUT2D eigenvalue weighted by atomic mass is 10.1. The fourth-order valence-electron chi connectivity index (χ4n) is 2.97. The molecule has 1 saturated heterocycles. The van der Waals surface area contributed by atoms with E-state index in [9.17, 15) is 0 Å². The highest BCUT2D eigenvalue weighted by Gasteiger charge is 2.21. The van der Waals surface area contributed by atoms with E-state index < -0.39 is 0 Å². The van der Waals surface area contributed by atoms with Crippen molar-refractivity contribution in [3.05, 3.63) is 42.6 Å². The van der Waals surface area contributed by atoms with Crippen molar-refractivity contribution in [2.24, 2.45) is 0 Å². The zero-order valence-corrected chi connectivity index (χ0v) is 13.9. The predicted octanol–water partition coefficient (Wildman–Crippen LogP) is 3.17. The molecular weight excluding hydrogens is 288 g/mol. The van der Waals surface area contributed by atoms with Crippen LogP contribution in [0.25, 0.3) is 11.3 Å². The summed E-state index contributed by atoms with van der Waals surface area (Å²) in [6.45, 7) is 5.36. The molecule has 0 aliphatic carbocycles. The van der Waals surface area contributed by atoms with E-state index in [1.807, 2.05) is 28.9 Å². The number of aromatic nitrogens is 3. The number of hydrogen-bond acceptors (Lipinski definition) is 4. The molecule has 1 aromatic heterocycles. The molecule has 0 spiro atoms. The topological polar surface area (TPSA) is 43.2 Å². The number of rotatable bonds is 5. The van der Waals surface area contributed by atoms with Crippen LogP contribution in [-0.2, 0) is 0 Å². The zero-order valence-electron chi connectivity index (χ0n) is 13.9. The van der Waals surface area contributed by atoms with E-state index in [1.165, 1.54) is 0 Å². The van der Waals surface area contributed by atoms with Crippen LogP contribution in [0, 0.1) is 0 Å². The fourth-order valence-corrected chi connectivity index (χ4v) is 2.97. The van der Waals surface area contributed by atoms with Gasteiger partial charge in [0.1, 0.15) is 11.4 Å². The molecule has 1 aliphatic rings. The van der Waals surface area contributed by atoms with Crippen molar-refractivity contribution in [2.75, 3.05) is 26.7 Å². The Morgan fingerprint density at radius 2 is 1.96 bits per heavy atom. The lowest BCUT2D eigenvalue weighted by Gasteiger charge is -2.30. The Morgan fingerprint density at radius 1 is 1.22 bits per heavy atom. The van der Waals surface area contributed by atoms with Crippen molar-refractivity contribution >= 4 is 0 Å². The van der Waals surface area contributed by atoms with Crippen LogP contribution in [0.4, 0.5) is 0 Å².